The van der Waals surface area contributed by atoms with Crippen LogP contribution in [0.15, 0.2) is 77.3 Å². The molecule has 1 aromatic heterocycles. The van der Waals surface area contributed by atoms with Gasteiger partial charge in [0.2, 0.25) is 0 Å². The Hall–Kier alpha value is -3.13. The molecule has 0 radical (unpaired) electrons. The van der Waals surface area contributed by atoms with Gasteiger partial charge in [-0.2, -0.15) is 0 Å². The molecule has 0 saturated heterocycles. The number of hydrogen-bond acceptors (Lipinski definition) is 2. The summed E-state index contributed by atoms with van der Waals surface area (Å²) in [6, 6.07) is 24.8. The van der Waals surface area contributed by atoms with E-state index in [4.69, 9.17) is 4.52 Å². The standard InChI is InChI=1S/C22H17NO/c1-16-7-12-19(13-8-16)22-20-15-18(11-14-21(20)23-24-22)10-9-17-5-3-2-4-6-17/h2-15H,1H3/b10-9+. The van der Waals surface area contributed by atoms with Gasteiger partial charge in [-0.05, 0) is 30.2 Å². The van der Waals surface area contributed by atoms with Crippen molar-refractivity contribution in [2.75, 3.05) is 0 Å². The van der Waals surface area contributed by atoms with Gasteiger partial charge in [-0.1, -0.05) is 83.5 Å². The predicted octanol–water partition coefficient (Wildman–Crippen LogP) is 5.97. The van der Waals surface area contributed by atoms with E-state index in [9.17, 15) is 0 Å². The van der Waals surface area contributed by atoms with Crippen molar-refractivity contribution < 1.29 is 4.52 Å². The minimum atomic E-state index is 0.819. The predicted molar refractivity (Wildman–Crippen MR) is 99.6 cm³/mol. The van der Waals surface area contributed by atoms with Gasteiger partial charge in [0.25, 0.3) is 0 Å². The molecular weight excluding hydrogens is 294 g/mol. The van der Waals surface area contributed by atoms with Crippen molar-refractivity contribution in [3.05, 3.63) is 89.5 Å². The Balaban J connectivity index is 1.73. The topological polar surface area (TPSA) is 26.0 Å². The number of nitrogens with zero attached hydrogens (tertiary/aromatic N) is 1. The summed E-state index contributed by atoms with van der Waals surface area (Å²) in [4.78, 5) is 0. The average Bonchev–Trinajstić information content (AvgIpc) is 3.05. The smallest absolute Gasteiger partial charge is 0.174 e. The molecule has 0 aliphatic rings. The minimum Gasteiger partial charge on any atom is -0.355 e. The highest BCUT2D eigenvalue weighted by molar-refractivity contribution is 5.93. The molecule has 0 saturated carbocycles. The monoisotopic (exact) mass is 311 g/mol. The van der Waals surface area contributed by atoms with Crippen molar-refractivity contribution in [1.82, 2.24) is 5.16 Å². The Bertz CT molecular complexity index is 995. The number of aryl methyl sites for hydroxylation is 1. The molecule has 0 spiro atoms. The summed E-state index contributed by atoms with van der Waals surface area (Å²) in [5.41, 5.74) is 5.47. The molecule has 0 aliphatic heterocycles. The maximum atomic E-state index is 5.58. The fraction of sp³-hybridized carbons (Fsp3) is 0.0455. The first-order chi connectivity index (χ1) is 11.8. The molecule has 4 rings (SSSR count). The van der Waals surface area contributed by atoms with Crippen molar-refractivity contribution in [3.63, 3.8) is 0 Å². The summed E-state index contributed by atoms with van der Waals surface area (Å²) in [7, 11) is 0. The average molecular weight is 311 g/mol. The first kappa shape index (κ1) is 14.5. The number of fused-ring (bicyclic) bond motifs is 1. The van der Waals surface area contributed by atoms with Gasteiger partial charge in [0.1, 0.15) is 5.52 Å². The summed E-state index contributed by atoms with van der Waals surface area (Å²) in [6.07, 6.45) is 4.22. The van der Waals surface area contributed by atoms with E-state index in [-0.39, 0.29) is 0 Å². The van der Waals surface area contributed by atoms with Crippen molar-refractivity contribution in [3.8, 4) is 11.3 Å². The molecule has 4 aromatic rings. The molecule has 0 aliphatic carbocycles. The summed E-state index contributed by atoms with van der Waals surface area (Å²) in [5, 5.41) is 5.21. The highest BCUT2D eigenvalue weighted by Gasteiger charge is 2.10. The van der Waals surface area contributed by atoms with Gasteiger partial charge in [-0.25, -0.2) is 0 Å². The third kappa shape index (κ3) is 2.86. The Morgan fingerprint density at radius 3 is 2.33 bits per heavy atom. The fourth-order valence-electron chi connectivity index (χ4n) is 2.73. The van der Waals surface area contributed by atoms with Crippen LogP contribution in [0.3, 0.4) is 0 Å². The maximum absolute atomic E-state index is 5.58. The van der Waals surface area contributed by atoms with Crippen molar-refractivity contribution in [2.45, 2.75) is 6.92 Å². The SMILES string of the molecule is Cc1ccc(-c2onc3ccc(/C=C/c4ccccc4)cc23)cc1. The lowest BCUT2D eigenvalue weighted by Crippen LogP contribution is -1.78. The molecule has 0 amide bonds. The van der Waals surface area contributed by atoms with E-state index in [2.05, 4.69) is 72.8 Å². The second kappa shape index (κ2) is 6.17. The zero-order valence-electron chi connectivity index (χ0n) is 13.4. The Morgan fingerprint density at radius 2 is 1.54 bits per heavy atom. The van der Waals surface area contributed by atoms with Gasteiger partial charge >= 0.3 is 0 Å². The van der Waals surface area contributed by atoms with Crippen LogP contribution >= 0.6 is 0 Å². The third-order valence-corrected chi connectivity index (χ3v) is 4.08. The largest absolute Gasteiger partial charge is 0.355 e. The van der Waals surface area contributed by atoms with E-state index in [1.54, 1.807) is 0 Å². The van der Waals surface area contributed by atoms with E-state index in [0.717, 1.165) is 27.8 Å². The fourth-order valence-corrected chi connectivity index (χ4v) is 2.73. The van der Waals surface area contributed by atoms with Gasteiger partial charge in [-0.15, -0.1) is 0 Å². The molecule has 0 N–H and O–H groups in total. The lowest BCUT2D eigenvalue weighted by Gasteiger charge is -1.99. The summed E-state index contributed by atoms with van der Waals surface area (Å²) in [5.74, 6) is 0.819. The first-order valence-electron chi connectivity index (χ1n) is 7.99. The van der Waals surface area contributed by atoms with Crippen LogP contribution in [-0.4, -0.2) is 5.16 Å². The lowest BCUT2D eigenvalue weighted by molar-refractivity contribution is 0.441. The molecule has 0 atom stereocenters. The quantitative estimate of drug-likeness (QED) is 0.435. The lowest BCUT2D eigenvalue weighted by atomic mass is 10.0. The van der Waals surface area contributed by atoms with Crippen LogP contribution in [0, 0.1) is 6.92 Å². The van der Waals surface area contributed by atoms with Crippen molar-refractivity contribution >= 4 is 23.1 Å². The van der Waals surface area contributed by atoms with Crippen LogP contribution < -0.4 is 0 Å². The molecule has 116 valence electrons. The van der Waals surface area contributed by atoms with Crippen molar-refractivity contribution in [1.29, 1.82) is 0 Å². The molecule has 2 heteroatoms. The Morgan fingerprint density at radius 1 is 0.792 bits per heavy atom. The van der Waals surface area contributed by atoms with E-state index in [0.29, 0.717) is 0 Å². The van der Waals surface area contributed by atoms with E-state index < -0.39 is 0 Å². The molecular formula is C22H17NO. The van der Waals surface area contributed by atoms with Gasteiger partial charge in [-0.3, -0.25) is 0 Å². The summed E-state index contributed by atoms with van der Waals surface area (Å²) >= 11 is 0. The maximum Gasteiger partial charge on any atom is 0.174 e. The molecule has 0 bridgehead atoms. The van der Waals surface area contributed by atoms with E-state index >= 15 is 0 Å². The first-order valence-corrected chi connectivity index (χ1v) is 7.99. The van der Waals surface area contributed by atoms with E-state index in [1.807, 2.05) is 24.3 Å². The van der Waals surface area contributed by atoms with E-state index in [1.165, 1.54) is 11.1 Å². The molecule has 3 aromatic carbocycles. The normalized spacial score (nSPS) is 11.4. The van der Waals surface area contributed by atoms with Crippen LogP contribution in [0.2, 0.25) is 0 Å². The number of hydrogen-bond donors (Lipinski definition) is 0. The second-order valence-corrected chi connectivity index (χ2v) is 5.90. The number of aromatic nitrogens is 1. The van der Waals surface area contributed by atoms with Gasteiger partial charge < -0.3 is 4.52 Å². The molecule has 0 unspecified atom stereocenters. The Kier molecular flexibility index (Phi) is 3.72. The minimum absolute atomic E-state index is 0.819. The molecule has 0 fully saturated rings. The van der Waals surface area contributed by atoms with Crippen LogP contribution in [0.1, 0.15) is 16.7 Å². The molecule has 1 heterocycles. The highest BCUT2D eigenvalue weighted by Crippen LogP contribution is 2.30. The zero-order chi connectivity index (χ0) is 16.4. The number of rotatable bonds is 3. The number of benzene rings is 3. The molecule has 24 heavy (non-hydrogen) atoms. The van der Waals surface area contributed by atoms with Crippen LogP contribution in [0.25, 0.3) is 34.4 Å². The highest BCUT2D eigenvalue weighted by atomic mass is 16.5. The van der Waals surface area contributed by atoms with Crippen LogP contribution in [0.4, 0.5) is 0 Å². The third-order valence-electron chi connectivity index (χ3n) is 4.08. The summed E-state index contributed by atoms with van der Waals surface area (Å²) in [6.45, 7) is 2.08. The van der Waals surface area contributed by atoms with Gasteiger partial charge in [0, 0.05) is 5.56 Å². The van der Waals surface area contributed by atoms with Gasteiger partial charge in [0.15, 0.2) is 5.76 Å². The van der Waals surface area contributed by atoms with Crippen molar-refractivity contribution in [2.24, 2.45) is 0 Å². The Labute approximate surface area is 141 Å². The molecule has 2 nitrogen and oxygen atoms in total. The van der Waals surface area contributed by atoms with Gasteiger partial charge in [0.05, 0.1) is 5.39 Å². The van der Waals surface area contributed by atoms with Crippen LogP contribution in [0.5, 0.6) is 0 Å². The zero-order valence-corrected chi connectivity index (χ0v) is 13.4. The second-order valence-electron chi connectivity index (χ2n) is 5.90. The summed E-state index contributed by atoms with van der Waals surface area (Å²) < 4.78 is 5.58. The van der Waals surface area contributed by atoms with Crippen LogP contribution in [-0.2, 0) is 0 Å².